The molecular formula is C11H13ClN2O2. The second-order valence-corrected chi connectivity index (χ2v) is 3.63. The van der Waals surface area contributed by atoms with Crippen LogP contribution in [0.15, 0.2) is 29.4 Å². The minimum absolute atomic E-state index is 0.249. The first-order valence-electron chi connectivity index (χ1n) is 4.89. The van der Waals surface area contributed by atoms with E-state index in [4.69, 9.17) is 11.6 Å². The molecule has 0 aliphatic carbocycles. The number of hydrogen-bond acceptors (Lipinski definition) is 3. The summed E-state index contributed by atoms with van der Waals surface area (Å²) in [6.07, 6.45) is -0.130. The van der Waals surface area contributed by atoms with Crippen LogP contribution in [0.1, 0.15) is 18.9 Å². The van der Waals surface area contributed by atoms with Gasteiger partial charge in [0.15, 0.2) is 0 Å². The Morgan fingerprint density at radius 1 is 1.44 bits per heavy atom. The summed E-state index contributed by atoms with van der Waals surface area (Å²) in [6.45, 7) is 3.78. The summed E-state index contributed by atoms with van der Waals surface area (Å²) >= 11 is 5.58. The molecule has 0 radical (unpaired) electrons. The molecule has 0 atom stereocenters. The van der Waals surface area contributed by atoms with E-state index in [1.807, 2.05) is 26.0 Å². The molecule has 0 saturated carbocycles. The lowest BCUT2D eigenvalue weighted by molar-refractivity contribution is 0.166. The first-order valence-corrected chi connectivity index (χ1v) is 5.26. The summed E-state index contributed by atoms with van der Waals surface area (Å²) in [4.78, 5) is 15.8. The van der Waals surface area contributed by atoms with Crippen LogP contribution < -0.4 is 5.32 Å². The van der Waals surface area contributed by atoms with E-state index in [9.17, 15) is 4.79 Å². The molecule has 1 amide bonds. The van der Waals surface area contributed by atoms with Crippen molar-refractivity contribution >= 4 is 28.6 Å². The minimum atomic E-state index is -0.657. The Labute approximate surface area is 99.2 Å². The largest absolute Gasteiger partial charge is 0.437 e. The first-order chi connectivity index (χ1) is 7.61. The molecule has 0 spiro atoms. The van der Waals surface area contributed by atoms with Gasteiger partial charge in [-0.15, -0.1) is 0 Å². The van der Waals surface area contributed by atoms with Gasteiger partial charge in [-0.2, -0.15) is 0 Å². The van der Waals surface area contributed by atoms with Gasteiger partial charge < -0.3 is 0 Å². The number of aryl methyl sites for hydroxylation is 1. The van der Waals surface area contributed by atoms with E-state index >= 15 is 0 Å². The van der Waals surface area contributed by atoms with Crippen molar-refractivity contribution in [1.82, 2.24) is 0 Å². The monoisotopic (exact) mass is 240 g/mol. The third kappa shape index (κ3) is 4.31. The molecule has 86 valence electrons. The summed E-state index contributed by atoms with van der Waals surface area (Å²) in [6, 6.07) is 7.33. The van der Waals surface area contributed by atoms with Crippen LogP contribution in [-0.2, 0) is 4.84 Å². The average molecular weight is 241 g/mol. The van der Waals surface area contributed by atoms with Gasteiger partial charge in [0.05, 0.1) is 0 Å². The van der Waals surface area contributed by atoms with Crippen molar-refractivity contribution in [3.8, 4) is 0 Å². The van der Waals surface area contributed by atoms with Crippen LogP contribution in [0.5, 0.6) is 0 Å². The molecule has 16 heavy (non-hydrogen) atoms. The van der Waals surface area contributed by atoms with E-state index in [-0.39, 0.29) is 5.17 Å². The number of halogens is 1. The standard InChI is InChI=1S/C11H13ClN2O2/c1-3-10(12)14-16-11(15)13-9-6-4-8(2)5-7-9/h4-7H,3H2,1-2H3,(H,13,15)/b14-10-. The Bertz CT molecular complexity index is 387. The highest BCUT2D eigenvalue weighted by Gasteiger charge is 2.02. The van der Waals surface area contributed by atoms with Gasteiger partial charge in [0, 0.05) is 12.1 Å². The molecular weight excluding hydrogens is 228 g/mol. The molecule has 0 aliphatic heterocycles. The number of carbonyl (C=O) groups excluding carboxylic acids is 1. The molecule has 0 aliphatic rings. The number of hydrogen-bond donors (Lipinski definition) is 1. The van der Waals surface area contributed by atoms with Crippen LogP contribution in [0.2, 0.25) is 0 Å². The average Bonchev–Trinajstić information content (AvgIpc) is 2.29. The Morgan fingerprint density at radius 2 is 2.06 bits per heavy atom. The zero-order chi connectivity index (χ0) is 12.0. The molecule has 1 N–H and O–H groups in total. The number of anilines is 1. The van der Waals surface area contributed by atoms with Crippen LogP contribution in [0.25, 0.3) is 0 Å². The smallest absolute Gasteiger partial charge is 0.297 e. The van der Waals surface area contributed by atoms with E-state index in [1.54, 1.807) is 12.1 Å². The van der Waals surface area contributed by atoms with Gasteiger partial charge in [0.2, 0.25) is 0 Å². The Morgan fingerprint density at radius 3 is 2.62 bits per heavy atom. The molecule has 0 heterocycles. The Kier molecular flexibility index (Phi) is 4.79. The summed E-state index contributed by atoms with van der Waals surface area (Å²) < 4.78 is 0. The molecule has 0 bridgehead atoms. The number of carbonyl (C=O) groups is 1. The quantitative estimate of drug-likeness (QED) is 0.499. The third-order valence-corrected chi connectivity index (χ3v) is 2.15. The van der Waals surface area contributed by atoms with Crippen molar-refractivity contribution < 1.29 is 9.63 Å². The Balaban J connectivity index is 2.49. The Hall–Kier alpha value is -1.55. The maximum absolute atomic E-state index is 11.2. The van der Waals surface area contributed by atoms with Gasteiger partial charge >= 0.3 is 6.09 Å². The van der Waals surface area contributed by atoms with Crippen molar-refractivity contribution in [2.45, 2.75) is 20.3 Å². The van der Waals surface area contributed by atoms with Crippen molar-refractivity contribution in [3.63, 3.8) is 0 Å². The minimum Gasteiger partial charge on any atom is -0.297 e. The molecule has 1 aromatic rings. The number of nitrogens with zero attached hydrogens (tertiary/aromatic N) is 1. The molecule has 5 heteroatoms. The molecule has 1 rings (SSSR count). The molecule has 1 aromatic carbocycles. The fraction of sp³-hybridized carbons (Fsp3) is 0.273. The summed E-state index contributed by atoms with van der Waals surface area (Å²) in [5, 5.41) is 6.20. The van der Waals surface area contributed by atoms with Crippen molar-refractivity contribution in [2.24, 2.45) is 5.16 Å². The predicted octanol–water partition coefficient (Wildman–Crippen LogP) is 3.51. The second kappa shape index (κ2) is 6.12. The normalized spacial score (nSPS) is 11.1. The van der Waals surface area contributed by atoms with Crippen LogP contribution in [-0.4, -0.2) is 11.3 Å². The zero-order valence-corrected chi connectivity index (χ0v) is 9.91. The van der Waals surface area contributed by atoms with Gasteiger partial charge in [-0.3, -0.25) is 10.2 Å². The topological polar surface area (TPSA) is 50.7 Å². The van der Waals surface area contributed by atoms with E-state index < -0.39 is 6.09 Å². The first kappa shape index (κ1) is 12.5. The summed E-state index contributed by atoms with van der Waals surface area (Å²) in [7, 11) is 0. The van der Waals surface area contributed by atoms with Crippen LogP contribution >= 0.6 is 11.6 Å². The number of nitrogens with one attached hydrogen (secondary N) is 1. The molecule has 0 fully saturated rings. The lowest BCUT2D eigenvalue weighted by Gasteiger charge is -2.02. The zero-order valence-electron chi connectivity index (χ0n) is 9.16. The molecule has 0 aromatic heterocycles. The van der Waals surface area contributed by atoms with Gasteiger partial charge in [0.25, 0.3) is 0 Å². The molecule has 0 unspecified atom stereocenters. The van der Waals surface area contributed by atoms with E-state index in [0.29, 0.717) is 12.1 Å². The SMILES string of the molecule is CC/C(Cl)=N/OC(=O)Nc1ccc(C)cc1. The number of benzene rings is 1. The van der Waals surface area contributed by atoms with Crippen LogP contribution in [0.3, 0.4) is 0 Å². The number of oxime groups is 1. The van der Waals surface area contributed by atoms with E-state index in [2.05, 4.69) is 15.3 Å². The van der Waals surface area contributed by atoms with Gasteiger partial charge in [-0.1, -0.05) is 41.4 Å². The molecule has 0 saturated heterocycles. The van der Waals surface area contributed by atoms with Crippen molar-refractivity contribution in [3.05, 3.63) is 29.8 Å². The second-order valence-electron chi connectivity index (χ2n) is 3.19. The van der Waals surface area contributed by atoms with Crippen molar-refractivity contribution in [2.75, 3.05) is 5.32 Å². The predicted molar refractivity (Wildman–Crippen MR) is 64.9 cm³/mol. The number of rotatable bonds is 3. The fourth-order valence-corrected chi connectivity index (χ4v) is 0.968. The fourth-order valence-electron chi connectivity index (χ4n) is 0.933. The summed E-state index contributed by atoms with van der Waals surface area (Å²) in [5.74, 6) is 0. The van der Waals surface area contributed by atoms with Gasteiger partial charge in [-0.05, 0) is 19.1 Å². The van der Waals surface area contributed by atoms with Crippen molar-refractivity contribution in [1.29, 1.82) is 0 Å². The highest BCUT2D eigenvalue weighted by Crippen LogP contribution is 2.08. The maximum atomic E-state index is 11.2. The number of amides is 1. The van der Waals surface area contributed by atoms with E-state index in [1.165, 1.54) is 0 Å². The van der Waals surface area contributed by atoms with Gasteiger partial charge in [0.1, 0.15) is 5.17 Å². The lowest BCUT2D eigenvalue weighted by atomic mass is 10.2. The highest BCUT2D eigenvalue weighted by atomic mass is 35.5. The highest BCUT2D eigenvalue weighted by molar-refractivity contribution is 6.65. The third-order valence-electron chi connectivity index (χ3n) is 1.82. The summed E-state index contributed by atoms with van der Waals surface area (Å²) in [5.41, 5.74) is 1.77. The molecule has 4 nitrogen and oxygen atoms in total. The van der Waals surface area contributed by atoms with Crippen LogP contribution in [0, 0.1) is 6.92 Å². The maximum Gasteiger partial charge on any atom is 0.437 e. The lowest BCUT2D eigenvalue weighted by Crippen LogP contribution is -2.11. The van der Waals surface area contributed by atoms with E-state index in [0.717, 1.165) is 5.56 Å². The van der Waals surface area contributed by atoms with Gasteiger partial charge in [-0.25, -0.2) is 4.79 Å². The van der Waals surface area contributed by atoms with Crippen LogP contribution in [0.4, 0.5) is 10.5 Å².